The molecule has 1 amide bonds. The molecule has 0 bridgehead atoms. The number of likely N-dealkylation sites (tertiary alicyclic amines) is 2. The van der Waals surface area contributed by atoms with Gasteiger partial charge in [0.15, 0.2) is 9.84 Å². The molecule has 2 saturated heterocycles. The monoisotopic (exact) mass is 364 g/mol. The zero-order chi connectivity index (χ0) is 17.9. The minimum Gasteiger partial charge on any atom is -0.338 e. The van der Waals surface area contributed by atoms with Gasteiger partial charge in [-0.3, -0.25) is 4.79 Å². The average Bonchev–Trinajstić information content (AvgIpc) is 2.68. The first-order chi connectivity index (χ1) is 12.0. The summed E-state index contributed by atoms with van der Waals surface area (Å²) in [6.07, 6.45) is 5.85. The molecular formula is C19H28N2O3S. The fourth-order valence-electron chi connectivity index (χ4n) is 3.96. The second-order valence-electron chi connectivity index (χ2n) is 7.02. The maximum absolute atomic E-state index is 12.9. The molecule has 2 aliphatic rings. The number of carbonyl (C=O) groups excluding carboxylic acids is 1. The van der Waals surface area contributed by atoms with Crippen molar-refractivity contribution in [2.45, 2.75) is 50.0 Å². The second kappa shape index (κ2) is 7.87. The number of amides is 1. The predicted octanol–water partition coefficient (Wildman–Crippen LogP) is 2.57. The number of carbonyl (C=O) groups is 1. The van der Waals surface area contributed by atoms with E-state index < -0.39 is 9.84 Å². The van der Waals surface area contributed by atoms with Gasteiger partial charge in [0.25, 0.3) is 5.91 Å². The van der Waals surface area contributed by atoms with E-state index in [-0.39, 0.29) is 16.6 Å². The van der Waals surface area contributed by atoms with Crippen LogP contribution in [-0.4, -0.2) is 62.1 Å². The van der Waals surface area contributed by atoms with Crippen LogP contribution >= 0.6 is 0 Å². The van der Waals surface area contributed by atoms with Crippen LogP contribution in [0.2, 0.25) is 0 Å². The van der Waals surface area contributed by atoms with Crippen LogP contribution in [0.15, 0.2) is 29.2 Å². The summed E-state index contributed by atoms with van der Waals surface area (Å²) in [5, 5.41) is 0. The number of sulfone groups is 1. The van der Waals surface area contributed by atoms with E-state index >= 15 is 0 Å². The Bertz CT molecular complexity index is 703. The molecule has 2 fully saturated rings. The maximum Gasteiger partial charge on any atom is 0.255 e. The van der Waals surface area contributed by atoms with Crippen molar-refractivity contribution in [3.63, 3.8) is 0 Å². The van der Waals surface area contributed by atoms with Crippen LogP contribution in [0, 0.1) is 0 Å². The van der Waals surface area contributed by atoms with E-state index in [2.05, 4.69) is 4.90 Å². The van der Waals surface area contributed by atoms with Gasteiger partial charge in [-0.25, -0.2) is 8.42 Å². The standard InChI is InChI=1S/C19H28N2O3S/c1-2-25(23,24)18-9-5-4-8-17(18)19(22)21-14-10-16(11-15-21)20-12-6-3-7-13-20/h4-5,8-9,16H,2-3,6-7,10-15H2,1H3. The summed E-state index contributed by atoms with van der Waals surface area (Å²) < 4.78 is 24.6. The second-order valence-corrected chi connectivity index (χ2v) is 9.27. The van der Waals surface area contributed by atoms with Gasteiger partial charge in [-0.15, -0.1) is 0 Å². The Balaban J connectivity index is 1.69. The van der Waals surface area contributed by atoms with E-state index in [0.29, 0.717) is 24.7 Å². The fraction of sp³-hybridized carbons (Fsp3) is 0.632. The highest BCUT2D eigenvalue weighted by atomic mass is 32.2. The molecule has 1 aromatic carbocycles. The number of hydrogen-bond donors (Lipinski definition) is 0. The van der Waals surface area contributed by atoms with Crippen molar-refractivity contribution in [3.05, 3.63) is 29.8 Å². The van der Waals surface area contributed by atoms with Crippen molar-refractivity contribution < 1.29 is 13.2 Å². The predicted molar refractivity (Wildman–Crippen MR) is 98.5 cm³/mol. The molecular weight excluding hydrogens is 336 g/mol. The first-order valence-corrected chi connectivity index (χ1v) is 11.0. The fourth-order valence-corrected chi connectivity index (χ4v) is 5.05. The normalized spacial score (nSPS) is 20.6. The molecule has 5 nitrogen and oxygen atoms in total. The van der Waals surface area contributed by atoms with Crippen LogP contribution < -0.4 is 0 Å². The quantitative estimate of drug-likeness (QED) is 0.824. The van der Waals surface area contributed by atoms with Crippen molar-refractivity contribution in [1.82, 2.24) is 9.80 Å². The van der Waals surface area contributed by atoms with Crippen molar-refractivity contribution in [2.75, 3.05) is 31.9 Å². The van der Waals surface area contributed by atoms with Crippen LogP contribution in [0.1, 0.15) is 49.4 Å². The van der Waals surface area contributed by atoms with Gasteiger partial charge in [0, 0.05) is 19.1 Å². The molecule has 1 aromatic rings. The Morgan fingerprint density at radius 2 is 1.68 bits per heavy atom. The number of piperidine rings is 2. The van der Waals surface area contributed by atoms with Crippen LogP contribution in [0.4, 0.5) is 0 Å². The van der Waals surface area contributed by atoms with Crippen LogP contribution in [0.5, 0.6) is 0 Å². The minimum absolute atomic E-state index is 0.00826. The molecule has 2 heterocycles. The van der Waals surface area contributed by atoms with Gasteiger partial charge in [-0.05, 0) is 50.9 Å². The van der Waals surface area contributed by atoms with Crippen LogP contribution in [0.3, 0.4) is 0 Å². The minimum atomic E-state index is -3.40. The molecule has 2 aliphatic heterocycles. The topological polar surface area (TPSA) is 57.7 Å². The van der Waals surface area contributed by atoms with E-state index in [1.165, 1.54) is 32.4 Å². The SMILES string of the molecule is CCS(=O)(=O)c1ccccc1C(=O)N1CCC(N2CCCCC2)CC1. The molecule has 0 radical (unpaired) electrons. The van der Waals surface area contributed by atoms with E-state index in [1.807, 2.05) is 4.90 Å². The molecule has 0 N–H and O–H groups in total. The third kappa shape index (κ3) is 4.06. The summed E-state index contributed by atoms with van der Waals surface area (Å²) in [5.41, 5.74) is 0.320. The van der Waals surface area contributed by atoms with Gasteiger partial charge in [0.1, 0.15) is 0 Å². The van der Waals surface area contributed by atoms with E-state index in [0.717, 1.165) is 12.8 Å². The summed E-state index contributed by atoms with van der Waals surface area (Å²) in [6.45, 7) is 5.38. The highest BCUT2D eigenvalue weighted by molar-refractivity contribution is 7.91. The third-order valence-corrected chi connectivity index (χ3v) is 7.28. The lowest BCUT2D eigenvalue weighted by Gasteiger charge is -2.40. The van der Waals surface area contributed by atoms with Crippen molar-refractivity contribution >= 4 is 15.7 Å². The average molecular weight is 365 g/mol. The van der Waals surface area contributed by atoms with Gasteiger partial charge in [-0.1, -0.05) is 25.5 Å². The lowest BCUT2D eigenvalue weighted by atomic mass is 9.99. The van der Waals surface area contributed by atoms with Gasteiger partial charge in [0.05, 0.1) is 16.2 Å². The Morgan fingerprint density at radius 3 is 2.32 bits per heavy atom. The zero-order valence-corrected chi connectivity index (χ0v) is 15.8. The van der Waals surface area contributed by atoms with Gasteiger partial charge >= 0.3 is 0 Å². The summed E-state index contributed by atoms with van der Waals surface area (Å²) in [7, 11) is -3.40. The zero-order valence-electron chi connectivity index (χ0n) is 15.0. The third-order valence-electron chi connectivity index (χ3n) is 5.49. The first kappa shape index (κ1) is 18.4. The largest absolute Gasteiger partial charge is 0.338 e. The number of hydrogen-bond acceptors (Lipinski definition) is 4. The van der Waals surface area contributed by atoms with Gasteiger partial charge in [0.2, 0.25) is 0 Å². The molecule has 0 unspecified atom stereocenters. The molecule has 6 heteroatoms. The summed E-state index contributed by atoms with van der Waals surface area (Å²) >= 11 is 0. The Labute approximate surface area is 150 Å². The molecule has 25 heavy (non-hydrogen) atoms. The maximum atomic E-state index is 12.9. The molecule has 138 valence electrons. The molecule has 0 saturated carbocycles. The van der Waals surface area contributed by atoms with Gasteiger partial charge in [-0.2, -0.15) is 0 Å². The summed E-state index contributed by atoms with van der Waals surface area (Å²) in [4.78, 5) is 17.5. The molecule has 0 spiro atoms. The molecule has 0 aliphatic carbocycles. The highest BCUT2D eigenvalue weighted by Gasteiger charge is 2.30. The van der Waals surface area contributed by atoms with Crippen LogP contribution in [0.25, 0.3) is 0 Å². The number of benzene rings is 1. The van der Waals surface area contributed by atoms with E-state index in [4.69, 9.17) is 0 Å². The molecule has 0 aromatic heterocycles. The number of rotatable bonds is 4. The van der Waals surface area contributed by atoms with Crippen LogP contribution in [-0.2, 0) is 9.84 Å². The Morgan fingerprint density at radius 1 is 1.04 bits per heavy atom. The van der Waals surface area contributed by atoms with Crippen molar-refractivity contribution in [3.8, 4) is 0 Å². The lowest BCUT2D eigenvalue weighted by molar-refractivity contribution is 0.0586. The van der Waals surface area contributed by atoms with Crippen molar-refractivity contribution in [2.24, 2.45) is 0 Å². The van der Waals surface area contributed by atoms with E-state index in [1.54, 1.807) is 31.2 Å². The first-order valence-electron chi connectivity index (χ1n) is 9.38. The Kier molecular flexibility index (Phi) is 5.79. The van der Waals surface area contributed by atoms with E-state index in [9.17, 15) is 13.2 Å². The lowest BCUT2D eigenvalue weighted by Crippen LogP contribution is -2.48. The Hall–Kier alpha value is -1.40. The van der Waals surface area contributed by atoms with Gasteiger partial charge < -0.3 is 9.80 Å². The summed E-state index contributed by atoms with van der Waals surface area (Å²) in [6, 6.07) is 7.18. The summed E-state index contributed by atoms with van der Waals surface area (Å²) in [5.74, 6) is -0.140. The molecule has 3 rings (SSSR count). The van der Waals surface area contributed by atoms with Crippen molar-refractivity contribution in [1.29, 1.82) is 0 Å². The highest BCUT2D eigenvalue weighted by Crippen LogP contribution is 2.24. The molecule has 0 atom stereocenters. The number of nitrogens with zero attached hydrogens (tertiary/aromatic N) is 2. The smallest absolute Gasteiger partial charge is 0.255 e.